The number of carbonyl (C=O) groups excluding carboxylic acids is 1. The fourth-order valence-electron chi connectivity index (χ4n) is 1.52. The van der Waals surface area contributed by atoms with E-state index in [0.29, 0.717) is 0 Å². The third-order valence-corrected chi connectivity index (χ3v) is 2.59. The molecule has 3 N–H and O–H groups in total. The van der Waals surface area contributed by atoms with Gasteiger partial charge in [0.1, 0.15) is 6.04 Å². The lowest BCUT2D eigenvalue weighted by molar-refractivity contribution is -0.143. The highest BCUT2D eigenvalue weighted by Crippen LogP contribution is 2.03. The second kappa shape index (κ2) is 8.15. The number of hydrogen-bond acceptors (Lipinski definition) is 3. The maximum atomic E-state index is 12.0. The molecule has 6 nitrogen and oxygen atoms in total. The van der Waals surface area contributed by atoms with Crippen LogP contribution in [0.25, 0.3) is 0 Å². The van der Waals surface area contributed by atoms with Crippen molar-refractivity contribution in [3.63, 3.8) is 0 Å². The molecule has 0 bridgehead atoms. The topological polar surface area (TPSA) is 87.7 Å². The number of aryl methyl sites for hydroxylation is 1. The number of halogens is 2. The Labute approximate surface area is 120 Å². The molecule has 2 amide bonds. The van der Waals surface area contributed by atoms with E-state index in [-0.39, 0.29) is 6.54 Å². The van der Waals surface area contributed by atoms with Gasteiger partial charge in [-0.15, -0.1) is 0 Å². The lowest BCUT2D eigenvalue weighted by Gasteiger charge is -2.16. The van der Waals surface area contributed by atoms with Crippen molar-refractivity contribution in [1.29, 1.82) is 0 Å². The van der Waals surface area contributed by atoms with Crippen molar-refractivity contribution < 1.29 is 28.2 Å². The van der Waals surface area contributed by atoms with E-state index in [1.54, 1.807) is 12.1 Å². The number of benzene rings is 1. The molecule has 1 aromatic carbocycles. The SMILES string of the molecule is Cc1ccc(CNC(=O)[C@@H](COC(F)F)NC(=O)O)cc1. The summed E-state index contributed by atoms with van der Waals surface area (Å²) in [5, 5.41) is 12.9. The fraction of sp³-hybridized carbons (Fsp3) is 0.385. The first-order valence-corrected chi connectivity index (χ1v) is 6.11. The highest BCUT2D eigenvalue weighted by molar-refractivity contribution is 5.85. The predicted octanol–water partition coefficient (Wildman–Crippen LogP) is 1.49. The van der Waals surface area contributed by atoms with Gasteiger partial charge < -0.3 is 20.5 Å². The van der Waals surface area contributed by atoms with Crippen molar-refractivity contribution in [3.8, 4) is 0 Å². The lowest BCUT2D eigenvalue weighted by atomic mass is 10.1. The van der Waals surface area contributed by atoms with E-state index < -0.39 is 31.3 Å². The van der Waals surface area contributed by atoms with Crippen LogP contribution in [0.3, 0.4) is 0 Å². The summed E-state index contributed by atoms with van der Waals surface area (Å²) in [5.74, 6) is -0.737. The van der Waals surface area contributed by atoms with Crippen LogP contribution >= 0.6 is 0 Å². The van der Waals surface area contributed by atoms with Crippen molar-refractivity contribution >= 4 is 12.0 Å². The molecule has 116 valence electrons. The molecule has 0 aromatic heterocycles. The first-order chi connectivity index (χ1) is 9.88. The van der Waals surface area contributed by atoms with Gasteiger partial charge in [-0.1, -0.05) is 29.8 Å². The zero-order valence-corrected chi connectivity index (χ0v) is 11.3. The van der Waals surface area contributed by atoms with Gasteiger partial charge in [-0.05, 0) is 12.5 Å². The first kappa shape index (κ1) is 16.8. The molecule has 21 heavy (non-hydrogen) atoms. The third kappa shape index (κ3) is 6.66. The summed E-state index contributed by atoms with van der Waals surface area (Å²) < 4.78 is 27.9. The van der Waals surface area contributed by atoms with Crippen LogP contribution in [0, 0.1) is 6.92 Å². The van der Waals surface area contributed by atoms with Gasteiger partial charge >= 0.3 is 12.7 Å². The van der Waals surface area contributed by atoms with Crippen LogP contribution in [0.5, 0.6) is 0 Å². The highest BCUT2D eigenvalue weighted by Gasteiger charge is 2.22. The largest absolute Gasteiger partial charge is 0.465 e. The smallest absolute Gasteiger partial charge is 0.405 e. The Morgan fingerprint density at radius 2 is 1.90 bits per heavy atom. The van der Waals surface area contributed by atoms with E-state index >= 15 is 0 Å². The van der Waals surface area contributed by atoms with Crippen LogP contribution in [-0.4, -0.2) is 36.4 Å². The average molecular weight is 302 g/mol. The van der Waals surface area contributed by atoms with Crippen molar-refractivity contribution in [1.82, 2.24) is 10.6 Å². The number of hydrogen-bond donors (Lipinski definition) is 3. The molecule has 0 aliphatic heterocycles. The Morgan fingerprint density at radius 1 is 1.29 bits per heavy atom. The van der Waals surface area contributed by atoms with E-state index in [1.807, 2.05) is 24.4 Å². The van der Waals surface area contributed by atoms with Gasteiger partial charge in [-0.3, -0.25) is 4.79 Å². The molecule has 8 heteroatoms. The Morgan fingerprint density at radius 3 is 2.43 bits per heavy atom. The monoisotopic (exact) mass is 302 g/mol. The van der Waals surface area contributed by atoms with Gasteiger partial charge in [-0.25, -0.2) is 4.79 Å². The summed E-state index contributed by atoms with van der Waals surface area (Å²) in [6.07, 6.45) is -1.50. The molecule has 1 aromatic rings. The minimum Gasteiger partial charge on any atom is -0.465 e. The van der Waals surface area contributed by atoms with Crippen LogP contribution in [0.15, 0.2) is 24.3 Å². The van der Waals surface area contributed by atoms with Gasteiger partial charge in [0.15, 0.2) is 0 Å². The molecule has 0 radical (unpaired) electrons. The standard InChI is InChI=1S/C13H16F2N2O4/c1-8-2-4-9(5-3-8)6-16-11(18)10(17-13(19)20)7-21-12(14)15/h2-5,10,12,17H,6-7H2,1H3,(H,16,18)(H,19,20)/t10-/m1/s1. The number of rotatable bonds is 7. The maximum absolute atomic E-state index is 12.0. The van der Waals surface area contributed by atoms with Crippen molar-refractivity contribution in [2.75, 3.05) is 6.61 Å². The number of alkyl halides is 2. The van der Waals surface area contributed by atoms with Gasteiger partial charge in [0.05, 0.1) is 6.61 Å². The molecule has 0 spiro atoms. The van der Waals surface area contributed by atoms with Crippen LogP contribution < -0.4 is 10.6 Å². The Hall–Kier alpha value is -2.22. The van der Waals surface area contributed by atoms with Gasteiger partial charge in [-0.2, -0.15) is 8.78 Å². The lowest BCUT2D eigenvalue weighted by Crippen LogP contribution is -2.49. The van der Waals surface area contributed by atoms with E-state index in [9.17, 15) is 18.4 Å². The Balaban J connectivity index is 2.54. The zero-order valence-electron chi connectivity index (χ0n) is 11.3. The van der Waals surface area contributed by atoms with Crippen LogP contribution in [0.1, 0.15) is 11.1 Å². The summed E-state index contributed by atoms with van der Waals surface area (Å²) in [5.41, 5.74) is 1.86. The Kier molecular flexibility index (Phi) is 6.54. The maximum Gasteiger partial charge on any atom is 0.405 e. The molecular weight excluding hydrogens is 286 g/mol. The molecule has 0 saturated heterocycles. The normalized spacial score (nSPS) is 12.0. The highest BCUT2D eigenvalue weighted by atomic mass is 19.3. The number of carboxylic acid groups (broad SMARTS) is 1. The van der Waals surface area contributed by atoms with E-state index in [2.05, 4.69) is 10.1 Å². The number of carbonyl (C=O) groups is 2. The molecule has 0 heterocycles. The number of ether oxygens (including phenoxy) is 1. The van der Waals surface area contributed by atoms with Gasteiger partial charge in [0, 0.05) is 6.54 Å². The summed E-state index contributed by atoms with van der Waals surface area (Å²) in [4.78, 5) is 22.3. The number of amides is 2. The minimum atomic E-state index is -3.08. The summed E-state index contributed by atoms with van der Waals surface area (Å²) >= 11 is 0. The Bertz CT molecular complexity index is 480. The van der Waals surface area contributed by atoms with E-state index in [1.165, 1.54) is 0 Å². The van der Waals surface area contributed by atoms with Crippen LogP contribution in [0.4, 0.5) is 13.6 Å². The van der Waals surface area contributed by atoms with Crippen molar-refractivity contribution in [3.05, 3.63) is 35.4 Å². The molecule has 0 saturated carbocycles. The summed E-state index contributed by atoms with van der Waals surface area (Å²) in [7, 11) is 0. The summed E-state index contributed by atoms with van der Waals surface area (Å²) in [6.45, 7) is -1.75. The van der Waals surface area contributed by atoms with Crippen molar-refractivity contribution in [2.45, 2.75) is 26.1 Å². The molecule has 0 unspecified atom stereocenters. The van der Waals surface area contributed by atoms with E-state index in [0.717, 1.165) is 11.1 Å². The molecule has 0 aliphatic rings. The van der Waals surface area contributed by atoms with Gasteiger partial charge in [0.25, 0.3) is 0 Å². The fourth-order valence-corrected chi connectivity index (χ4v) is 1.52. The van der Waals surface area contributed by atoms with E-state index in [4.69, 9.17) is 5.11 Å². The number of nitrogens with one attached hydrogen (secondary N) is 2. The van der Waals surface area contributed by atoms with Gasteiger partial charge in [0.2, 0.25) is 5.91 Å². The average Bonchev–Trinajstić information content (AvgIpc) is 2.42. The zero-order chi connectivity index (χ0) is 15.8. The quantitative estimate of drug-likeness (QED) is 0.712. The predicted molar refractivity (Wildman–Crippen MR) is 69.9 cm³/mol. The second-order valence-corrected chi connectivity index (χ2v) is 4.30. The van der Waals surface area contributed by atoms with Crippen molar-refractivity contribution in [2.24, 2.45) is 0 Å². The molecule has 0 fully saturated rings. The molecule has 1 rings (SSSR count). The molecule has 0 aliphatic carbocycles. The second-order valence-electron chi connectivity index (χ2n) is 4.30. The van der Waals surface area contributed by atoms with Crippen LogP contribution in [0.2, 0.25) is 0 Å². The molecular formula is C13H16F2N2O4. The van der Waals surface area contributed by atoms with Crippen LogP contribution in [-0.2, 0) is 16.1 Å². The summed E-state index contributed by atoms with van der Waals surface area (Å²) in [6, 6.07) is 5.90. The third-order valence-electron chi connectivity index (χ3n) is 2.59. The molecule has 1 atom stereocenters. The first-order valence-electron chi connectivity index (χ1n) is 6.11. The minimum absolute atomic E-state index is 0.158.